The normalized spacial score (nSPS) is 12.7. The highest BCUT2D eigenvalue weighted by molar-refractivity contribution is 9.10. The topological polar surface area (TPSA) is 47.3 Å². The van der Waals surface area contributed by atoms with Crippen molar-refractivity contribution in [3.05, 3.63) is 34.3 Å². The Hall–Kier alpha value is -0.420. The Kier molecular flexibility index (Phi) is 5.86. The maximum atomic E-state index is 5.48. The van der Waals surface area contributed by atoms with Crippen LogP contribution in [0.25, 0.3) is 0 Å². The molecule has 0 heterocycles. The van der Waals surface area contributed by atoms with Crippen LogP contribution in [0, 0.1) is 0 Å². The lowest BCUT2D eigenvalue weighted by atomic mass is 10.0. The second kappa shape index (κ2) is 6.95. The van der Waals surface area contributed by atoms with Crippen molar-refractivity contribution >= 4 is 15.9 Å². The van der Waals surface area contributed by atoms with E-state index in [1.54, 1.807) is 7.11 Å². The van der Waals surface area contributed by atoms with Gasteiger partial charge in [0.1, 0.15) is 0 Å². The van der Waals surface area contributed by atoms with Crippen LogP contribution in [0.2, 0.25) is 0 Å². The fraction of sp³-hybridized carbons (Fsp3) is 0.455. The van der Waals surface area contributed by atoms with E-state index in [0.29, 0.717) is 0 Å². The maximum Gasteiger partial charge on any atom is 0.0477 e. The summed E-state index contributed by atoms with van der Waals surface area (Å²) in [4.78, 5) is 0. The molecule has 15 heavy (non-hydrogen) atoms. The van der Waals surface area contributed by atoms with Crippen LogP contribution in [0.15, 0.2) is 28.7 Å². The highest BCUT2D eigenvalue weighted by Gasteiger charge is 2.07. The SMILES string of the molecule is COCCC(Cc1cccc(Br)c1)NN. The third-order valence-electron chi connectivity index (χ3n) is 2.28. The van der Waals surface area contributed by atoms with Gasteiger partial charge in [-0.05, 0) is 30.5 Å². The van der Waals surface area contributed by atoms with Gasteiger partial charge in [-0.3, -0.25) is 11.3 Å². The lowest BCUT2D eigenvalue weighted by molar-refractivity contribution is 0.182. The van der Waals surface area contributed by atoms with Crippen molar-refractivity contribution in [2.45, 2.75) is 18.9 Å². The first-order valence-corrected chi connectivity index (χ1v) is 5.75. The van der Waals surface area contributed by atoms with Crippen LogP contribution in [0.5, 0.6) is 0 Å². The summed E-state index contributed by atoms with van der Waals surface area (Å²) in [6.07, 6.45) is 1.83. The van der Waals surface area contributed by atoms with Crippen LogP contribution in [0.3, 0.4) is 0 Å². The lowest BCUT2D eigenvalue weighted by Crippen LogP contribution is -2.37. The monoisotopic (exact) mass is 272 g/mol. The van der Waals surface area contributed by atoms with Gasteiger partial charge in [-0.15, -0.1) is 0 Å². The summed E-state index contributed by atoms with van der Waals surface area (Å²) in [5.74, 6) is 5.48. The Morgan fingerprint density at radius 1 is 1.53 bits per heavy atom. The second-order valence-corrected chi connectivity index (χ2v) is 4.39. The van der Waals surface area contributed by atoms with Gasteiger partial charge in [0.2, 0.25) is 0 Å². The van der Waals surface area contributed by atoms with Crippen LogP contribution < -0.4 is 11.3 Å². The quantitative estimate of drug-likeness (QED) is 0.614. The smallest absolute Gasteiger partial charge is 0.0477 e. The molecule has 3 N–H and O–H groups in total. The molecule has 0 spiro atoms. The molecular weight excluding hydrogens is 256 g/mol. The molecule has 3 nitrogen and oxygen atoms in total. The summed E-state index contributed by atoms with van der Waals surface area (Å²) in [5.41, 5.74) is 4.08. The Labute approximate surface area is 99.1 Å². The van der Waals surface area contributed by atoms with E-state index in [1.807, 2.05) is 12.1 Å². The fourth-order valence-corrected chi connectivity index (χ4v) is 1.90. The zero-order valence-corrected chi connectivity index (χ0v) is 10.5. The molecule has 1 unspecified atom stereocenters. The molecule has 0 bridgehead atoms. The number of halogens is 1. The number of ether oxygens (including phenoxy) is 1. The largest absolute Gasteiger partial charge is 0.385 e. The van der Waals surface area contributed by atoms with Crippen molar-refractivity contribution in [2.24, 2.45) is 5.84 Å². The van der Waals surface area contributed by atoms with Gasteiger partial charge in [0.05, 0.1) is 0 Å². The Morgan fingerprint density at radius 3 is 2.93 bits per heavy atom. The van der Waals surface area contributed by atoms with Gasteiger partial charge >= 0.3 is 0 Å². The number of hydrazine groups is 1. The molecule has 1 rings (SSSR count). The summed E-state index contributed by atoms with van der Waals surface area (Å²) in [7, 11) is 1.70. The minimum absolute atomic E-state index is 0.263. The van der Waals surface area contributed by atoms with Crippen molar-refractivity contribution in [1.29, 1.82) is 0 Å². The average Bonchev–Trinajstić information content (AvgIpc) is 2.24. The van der Waals surface area contributed by atoms with E-state index in [9.17, 15) is 0 Å². The molecule has 0 aliphatic heterocycles. The van der Waals surface area contributed by atoms with Crippen LogP contribution in [-0.2, 0) is 11.2 Å². The first-order chi connectivity index (χ1) is 7.26. The highest BCUT2D eigenvalue weighted by atomic mass is 79.9. The standard InChI is InChI=1S/C11H17BrN2O/c1-15-6-5-11(14-13)8-9-3-2-4-10(12)7-9/h2-4,7,11,14H,5-6,8,13H2,1H3. The van der Waals surface area contributed by atoms with Gasteiger partial charge in [0, 0.05) is 24.2 Å². The van der Waals surface area contributed by atoms with Gasteiger partial charge < -0.3 is 4.74 Å². The van der Waals surface area contributed by atoms with Crippen molar-refractivity contribution in [2.75, 3.05) is 13.7 Å². The third kappa shape index (κ3) is 4.75. The number of hydrogen-bond acceptors (Lipinski definition) is 3. The summed E-state index contributed by atoms with van der Waals surface area (Å²) >= 11 is 3.45. The zero-order valence-electron chi connectivity index (χ0n) is 8.87. The minimum Gasteiger partial charge on any atom is -0.385 e. The molecule has 0 saturated carbocycles. The predicted octanol–water partition coefficient (Wildman–Crippen LogP) is 1.86. The number of methoxy groups -OCH3 is 1. The van der Waals surface area contributed by atoms with Gasteiger partial charge in [-0.25, -0.2) is 0 Å². The molecule has 0 aliphatic carbocycles. The van der Waals surface area contributed by atoms with Gasteiger partial charge in [-0.1, -0.05) is 28.1 Å². The van der Waals surface area contributed by atoms with E-state index in [4.69, 9.17) is 10.6 Å². The molecule has 0 aliphatic rings. The Morgan fingerprint density at radius 2 is 2.33 bits per heavy atom. The Bertz CT molecular complexity index is 294. The van der Waals surface area contributed by atoms with Crippen molar-refractivity contribution in [3.8, 4) is 0 Å². The average molecular weight is 273 g/mol. The molecule has 0 aromatic heterocycles. The van der Waals surface area contributed by atoms with Crippen molar-refractivity contribution in [1.82, 2.24) is 5.43 Å². The first-order valence-electron chi connectivity index (χ1n) is 4.95. The first kappa shape index (κ1) is 12.6. The number of rotatable bonds is 6. The molecule has 0 fully saturated rings. The van der Waals surface area contributed by atoms with Crippen molar-refractivity contribution < 1.29 is 4.74 Å². The second-order valence-electron chi connectivity index (χ2n) is 3.48. The molecule has 1 aromatic rings. The third-order valence-corrected chi connectivity index (χ3v) is 2.77. The van der Waals surface area contributed by atoms with E-state index in [0.717, 1.165) is 23.9 Å². The van der Waals surface area contributed by atoms with Crippen LogP contribution in [-0.4, -0.2) is 19.8 Å². The summed E-state index contributed by atoms with van der Waals surface area (Å²) in [6, 6.07) is 8.52. The van der Waals surface area contributed by atoms with E-state index in [1.165, 1.54) is 5.56 Å². The van der Waals surface area contributed by atoms with Gasteiger partial charge in [0.25, 0.3) is 0 Å². The van der Waals surface area contributed by atoms with Crippen molar-refractivity contribution in [3.63, 3.8) is 0 Å². The number of benzene rings is 1. The van der Waals surface area contributed by atoms with E-state index in [2.05, 4.69) is 33.5 Å². The number of hydrogen-bond donors (Lipinski definition) is 2. The van der Waals surface area contributed by atoms with Gasteiger partial charge in [-0.2, -0.15) is 0 Å². The van der Waals surface area contributed by atoms with E-state index >= 15 is 0 Å². The number of nitrogens with two attached hydrogens (primary N) is 1. The summed E-state index contributed by atoms with van der Waals surface area (Å²) in [6.45, 7) is 0.725. The molecule has 0 radical (unpaired) electrons. The Balaban J connectivity index is 2.50. The predicted molar refractivity (Wildman–Crippen MR) is 65.5 cm³/mol. The summed E-state index contributed by atoms with van der Waals surface area (Å²) < 4.78 is 6.13. The molecule has 0 saturated heterocycles. The van der Waals surface area contributed by atoms with E-state index < -0.39 is 0 Å². The molecule has 84 valence electrons. The zero-order chi connectivity index (χ0) is 11.1. The molecule has 4 heteroatoms. The maximum absolute atomic E-state index is 5.48. The minimum atomic E-state index is 0.263. The highest BCUT2D eigenvalue weighted by Crippen LogP contribution is 2.13. The number of nitrogens with one attached hydrogen (secondary N) is 1. The van der Waals surface area contributed by atoms with Crippen LogP contribution in [0.1, 0.15) is 12.0 Å². The fourth-order valence-electron chi connectivity index (χ4n) is 1.45. The van der Waals surface area contributed by atoms with Gasteiger partial charge in [0.15, 0.2) is 0 Å². The molecule has 0 amide bonds. The van der Waals surface area contributed by atoms with E-state index in [-0.39, 0.29) is 6.04 Å². The van der Waals surface area contributed by atoms with Crippen LogP contribution >= 0.6 is 15.9 Å². The molecule has 1 aromatic carbocycles. The lowest BCUT2D eigenvalue weighted by Gasteiger charge is -2.15. The van der Waals surface area contributed by atoms with Crippen LogP contribution in [0.4, 0.5) is 0 Å². The molecular formula is C11H17BrN2O. The molecule has 1 atom stereocenters. The summed E-state index contributed by atoms with van der Waals surface area (Å²) in [5, 5.41) is 0.